The van der Waals surface area contributed by atoms with E-state index in [1.54, 1.807) is 0 Å². The van der Waals surface area contributed by atoms with Crippen molar-refractivity contribution in [3.63, 3.8) is 0 Å². The van der Waals surface area contributed by atoms with Crippen LogP contribution >= 0.6 is 15.9 Å². The second kappa shape index (κ2) is 6.75. The first-order valence-electron chi connectivity index (χ1n) is 6.08. The van der Waals surface area contributed by atoms with E-state index in [9.17, 15) is 4.79 Å². The lowest BCUT2D eigenvalue weighted by Crippen LogP contribution is -2.36. The third-order valence-corrected chi connectivity index (χ3v) is 3.25. The van der Waals surface area contributed by atoms with E-state index in [2.05, 4.69) is 26.1 Å². The van der Waals surface area contributed by atoms with Crippen LogP contribution in [0, 0.1) is 0 Å². The van der Waals surface area contributed by atoms with Crippen LogP contribution < -0.4 is 10.2 Å². The van der Waals surface area contributed by atoms with Crippen LogP contribution in [0.2, 0.25) is 0 Å². The molecule has 1 N–H and O–H groups in total. The minimum Gasteiger partial charge on any atom is -0.378 e. The van der Waals surface area contributed by atoms with Crippen molar-refractivity contribution in [2.45, 2.75) is 6.42 Å². The van der Waals surface area contributed by atoms with E-state index < -0.39 is 0 Å². The van der Waals surface area contributed by atoms with E-state index >= 15 is 0 Å². The van der Waals surface area contributed by atoms with E-state index in [0.717, 1.165) is 32.0 Å². The minimum atomic E-state index is 0.0333. The van der Waals surface area contributed by atoms with Gasteiger partial charge in [0.05, 0.1) is 13.2 Å². The smallest absolute Gasteiger partial charge is 0.225 e. The lowest BCUT2D eigenvalue weighted by Gasteiger charge is -2.28. The fourth-order valence-electron chi connectivity index (χ4n) is 1.89. The maximum absolute atomic E-state index is 11.4. The van der Waals surface area contributed by atoms with Gasteiger partial charge in [-0.15, -0.1) is 0 Å². The molecule has 0 aromatic heterocycles. The molecule has 1 heterocycles. The summed E-state index contributed by atoms with van der Waals surface area (Å²) < 4.78 is 5.32. The molecule has 1 aromatic carbocycles. The molecule has 1 amide bonds. The van der Waals surface area contributed by atoms with Gasteiger partial charge < -0.3 is 15.0 Å². The first-order valence-corrected chi connectivity index (χ1v) is 7.20. The molecule has 1 aliphatic rings. The Morgan fingerprint density at radius 2 is 1.94 bits per heavy atom. The highest BCUT2D eigenvalue weighted by atomic mass is 79.9. The summed E-state index contributed by atoms with van der Waals surface area (Å²) in [5.41, 5.74) is 2.02. The number of amides is 1. The zero-order valence-electron chi connectivity index (χ0n) is 10.2. The van der Waals surface area contributed by atoms with E-state index in [1.807, 2.05) is 24.3 Å². The molecule has 0 atom stereocenters. The van der Waals surface area contributed by atoms with Gasteiger partial charge in [-0.05, 0) is 24.3 Å². The number of hydrogen-bond donors (Lipinski definition) is 1. The standard InChI is InChI=1S/C13H17BrN2O2/c14-6-5-13(17)15-11-1-3-12(4-2-11)16-7-9-18-10-8-16/h1-4H,5-10H2,(H,15,17). The third kappa shape index (κ3) is 3.71. The Labute approximate surface area is 115 Å². The first-order chi connectivity index (χ1) is 8.79. The Morgan fingerprint density at radius 1 is 1.28 bits per heavy atom. The van der Waals surface area contributed by atoms with Crippen LogP contribution in [-0.2, 0) is 9.53 Å². The van der Waals surface area contributed by atoms with Crippen LogP contribution in [-0.4, -0.2) is 37.5 Å². The highest BCUT2D eigenvalue weighted by Gasteiger charge is 2.10. The van der Waals surface area contributed by atoms with Crippen LogP contribution in [0.1, 0.15) is 6.42 Å². The Bertz CT molecular complexity index is 388. The number of anilines is 2. The first kappa shape index (κ1) is 13.4. The van der Waals surface area contributed by atoms with Crippen molar-refractivity contribution in [3.8, 4) is 0 Å². The fraction of sp³-hybridized carbons (Fsp3) is 0.462. The molecule has 2 rings (SSSR count). The van der Waals surface area contributed by atoms with E-state index in [4.69, 9.17) is 4.74 Å². The average Bonchev–Trinajstić information content (AvgIpc) is 2.41. The molecule has 18 heavy (non-hydrogen) atoms. The molecule has 0 radical (unpaired) electrons. The molecule has 98 valence electrons. The van der Waals surface area contributed by atoms with Gasteiger partial charge in [0, 0.05) is 36.2 Å². The molecule has 1 aliphatic heterocycles. The lowest BCUT2D eigenvalue weighted by atomic mass is 10.2. The summed E-state index contributed by atoms with van der Waals surface area (Å²) in [6, 6.07) is 7.96. The van der Waals surface area contributed by atoms with Crippen molar-refractivity contribution in [3.05, 3.63) is 24.3 Å². The molecule has 0 saturated carbocycles. The molecule has 5 heteroatoms. The van der Waals surface area contributed by atoms with Crippen molar-refractivity contribution in [1.29, 1.82) is 0 Å². The quantitative estimate of drug-likeness (QED) is 0.867. The van der Waals surface area contributed by atoms with Gasteiger partial charge in [0.2, 0.25) is 5.91 Å². The highest BCUT2D eigenvalue weighted by Crippen LogP contribution is 2.19. The fourth-order valence-corrected chi connectivity index (χ4v) is 2.25. The molecular weight excluding hydrogens is 296 g/mol. The third-order valence-electron chi connectivity index (χ3n) is 2.85. The molecule has 0 spiro atoms. The summed E-state index contributed by atoms with van der Waals surface area (Å²) in [6.45, 7) is 3.41. The summed E-state index contributed by atoms with van der Waals surface area (Å²) in [7, 11) is 0. The van der Waals surface area contributed by atoms with Crippen molar-refractivity contribution >= 4 is 33.2 Å². The minimum absolute atomic E-state index is 0.0333. The average molecular weight is 313 g/mol. The summed E-state index contributed by atoms with van der Waals surface area (Å²) in [5, 5.41) is 3.55. The Balaban J connectivity index is 1.94. The van der Waals surface area contributed by atoms with Gasteiger partial charge in [0.1, 0.15) is 0 Å². The highest BCUT2D eigenvalue weighted by molar-refractivity contribution is 9.09. The van der Waals surface area contributed by atoms with Crippen molar-refractivity contribution in [2.24, 2.45) is 0 Å². The van der Waals surface area contributed by atoms with Gasteiger partial charge >= 0.3 is 0 Å². The van der Waals surface area contributed by atoms with Crippen molar-refractivity contribution < 1.29 is 9.53 Å². The van der Waals surface area contributed by atoms with Crippen molar-refractivity contribution in [2.75, 3.05) is 41.9 Å². The van der Waals surface area contributed by atoms with Gasteiger partial charge in [-0.1, -0.05) is 15.9 Å². The molecule has 1 fully saturated rings. The SMILES string of the molecule is O=C(CCBr)Nc1ccc(N2CCOCC2)cc1. The Kier molecular flexibility index (Phi) is 5.01. The largest absolute Gasteiger partial charge is 0.378 e. The summed E-state index contributed by atoms with van der Waals surface area (Å²) in [6.07, 6.45) is 0.491. The number of rotatable bonds is 4. The van der Waals surface area contributed by atoms with Crippen LogP contribution in [0.5, 0.6) is 0 Å². The van der Waals surface area contributed by atoms with Crippen LogP contribution in [0.25, 0.3) is 0 Å². The molecule has 1 saturated heterocycles. The van der Waals surface area contributed by atoms with Gasteiger partial charge in [0.25, 0.3) is 0 Å². The second-order valence-corrected chi connectivity index (χ2v) is 4.93. The number of nitrogens with one attached hydrogen (secondary N) is 1. The number of carbonyl (C=O) groups is 1. The normalized spacial score (nSPS) is 15.5. The van der Waals surface area contributed by atoms with Crippen LogP contribution in [0.3, 0.4) is 0 Å². The van der Waals surface area contributed by atoms with Gasteiger partial charge in [0.15, 0.2) is 0 Å². The summed E-state index contributed by atoms with van der Waals surface area (Å²) in [4.78, 5) is 13.7. The van der Waals surface area contributed by atoms with E-state index in [0.29, 0.717) is 11.8 Å². The second-order valence-electron chi connectivity index (χ2n) is 4.13. The van der Waals surface area contributed by atoms with E-state index in [1.165, 1.54) is 5.69 Å². The number of benzene rings is 1. The molecule has 0 unspecified atom stereocenters. The van der Waals surface area contributed by atoms with Crippen LogP contribution in [0.15, 0.2) is 24.3 Å². The summed E-state index contributed by atoms with van der Waals surface area (Å²) >= 11 is 3.25. The topological polar surface area (TPSA) is 41.6 Å². The van der Waals surface area contributed by atoms with Gasteiger partial charge in [-0.25, -0.2) is 0 Å². The number of morpholine rings is 1. The molecule has 4 nitrogen and oxygen atoms in total. The molecule has 0 bridgehead atoms. The predicted octanol–water partition coefficient (Wildman–Crippen LogP) is 2.25. The number of hydrogen-bond acceptors (Lipinski definition) is 3. The Hall–Kier alpha value is -1.07. The maximum Gasteiger partial charge on any atom is 0.225 e. The van der Waals surface area contributed by atoms with Crippen molar-refractivity contribution in [1.82, 2.24) is 0 Å². The number of alkyl halides is 1. The van der Waals surface area contributed by atoms with Crippen LogP contribution in [0.4, 0.5) is 11.4 Å². The zero-order chi connectivity index (χ0) is 12.8. The van der Waals surface area contributed by atoms with Gasteiger partial charge in [-0.2, -0.15) is 0 Å². The monoisotopic (exact) mass is 312 g/mol. The molecule has 0 aliphatic carbocycles. The maximum atomic E-state index is 11.4. The van der Waals surface area contributed by atoms with Gasteiger partial charge in [-0.3, -0.25) is 4.79 Å². The number of carbonyl (C=O) groups excluding carboxylic acids is 1. The number of ether oxygens (including phenoxy) is 1. The number of nitrogens with zero attached hydrogens (tertiary/aromatic N) is 1. The molecular formula is C13H17BrN2O2. The zero-order valence-corrected chi connectivity index (χ0v) is 11.8. The number of halogens is 1. The lowest BCUT2D eigenvalue weighted by molar-refractivity contribution is -0.115. The summed E-state index contributed by atoms with van der Waals surface area (Å²) in [5.74, 6) is 0.0333. The predicted molar refractivity (Wildman–Crippen MR) is 76.5 cm³/mol. The Morgan fingerprint density at radius 3 is 2.56 bits per heavy atom. The molecule has 1 aromatic rings. The van der Waals surface area contributed by atoms with E-state index in [-0.39, 0.29) is 5.91 Å².